The van der Waals surface area contributed by atoms with E-state index in [1.54, 1.807) is 19.1 Å². The number of azo groups is 1. The summed E-state index contributed by atoms with van der Waals surface area (Å²) in [6.07, 6.45) is 0. The topological polar surface area (TPSA) is 210 Å². The fraction of sp³-hybridized carbons (Fsp3) is 0.0741. The summed E-state index contributed by atoms with van der Waals surface area (Å²) in [5.41, 5.74) is 12.8. The van der Waals surface area contributed by atoms with Gasteiger partial charge in [-0.3, -0.25) is 9.11 Å². The molecule has 1 heterocycles. The van der Waals surface area contributed by atoms with Gasteiger partial charge in [0.15, 0.2) is 20.7 Å². The third kappa shape index (κ3) is 6.64. The normalized spacial score (nSPS) is 12.2. The van der Waals surface area contributed by atoms with E-state index in [0.717, 1.165) is 34.5 Å². The summed E-state index contributed by atoms with van der Waals surface area (Å²) in [6, 6.07) is 19.8. The van der Waals surface area contributed by atoms with Crippen LogP contribution in [0.25, 0.3) is 22.0 Å². The number of benzene rings is 4. The zero-order valence-corrected chi connectivity index (χ0v) is 25.0. The van der Waals surface area contributed by atoms with Gasteiger partial charge in [-0.05, 0) is 47.5 Å². The van der Waals surface area contributed by atoms with Crippen molar-refractivity contribution in [1.29, 1.82) is 0 Å². The van der Waals surface area contributed by atoms with Gasteiger partial charge >= 0.3 is 10.1 Å². The minimum absolute atomic E-state index is 0.205. The number of anilines is 2. The third-order valence-corrected chi connectivity index (χ3v) is 8.91. The first-order chi connectivity index (χ1) is 20.3. The van der Waals surface area contributed by atoms with Crippen LogP contribution in [0.15, 0.2) is 92.8 Å². The molecule has 0 unspecified atom stereocenters. The number of quaternary nitrogens is 1. The monoisotopic (exact) mass is 641 g/mol. The highest BCUT2D eigenvalue weighted by Gasteiger charge is 2.23. The van der Waals surface area contributed by atoms with Crippen molar-refractivity contribution in [2.24, 2.45) is 10.2 Å². The number of nitrogens with zero attached hydrogens (tertiary/aromatic N) is 3. The number of nitrogen functional groups attached to an aromatic ring is 2. The average Bonchev–Trinajstić information content (AvgIpc) is 3.34. The standard InChI is InChI=1S/C27H24N6O7S3/c1-15-11-21(31-33-26-25(29-27(28)41-26)18-8-7-16-5-3-4-6-17(16)12-18)23(40-2)14-20(15)30-32-22-13-19(42(34,35)36)9-10-24(22)43(37,38)39/h3-14,30,32H,1-2H3,(H2,28,29)(H,34,35,36)(H,37,38,39)/p+1. The smallest absolute Gasteiger partial charge is 0.300 e. The molecule has 1 aromatic heterocycles. The van der Waals surface area contributed by atoms with E-state index in [-0.39, 0.29) is 5.69 Å². The number of thiazole rings is 1. The van der Waals surface area contributed by atoms with Crippen LogP contribution in [0.4, 0.5) is 27.2 Å². The lowest BCUT2D eigenvalue weighted by Crippen LogP contribution is -2.83. The third-order valence-electron chi connectivity index (χ3n) is 6.36. The Morgan fingerprint density at radius 2 is 1.67 bits per heavy atom. The number of hydrogen-bond donors (Lipinski definition) is 5. The summed E-state index contributed by atoms with van der Waals surface area (Å²) in [4.78, 5) is 3.34. The molecule has 13 nitrogen and oxygen atoms in total. The van der Waals surface area contributed by atoms with Gasteiger partial charge in [-0.2, -0.15) is 16.8 Å². The van der Waals surface area contributed by atoms with Gasteiger partial charge < -0.3 is 10.5 Å². The molecular weight excluding hydrogens is 617 g/mol. The lowest BCUT2D eigenvalue weighted by atomic mass is 10.1. The maximum absolute atomic E-state index is 11.8. The van der Waals surface area contributed by atoms with Crippen LogP contribution in [-0.4, -0.2) is 38.0 Å². The van der Waals surface area contributed by atoms with Gasteiger partial charge in [0, 0.05) is 17.7 Å². The number of aryl methyl sites for hydroxylation is 1. The van der Waals surface area contributed by atoms with Gasteiger partial charge in [0.2, 0.25) is 0 Å². The van der Waals surface area contributed by atoms with E-state index in [2.05, 4.69) is 20.6 Å². The van der Waals surface area contributed by atoms with Crippen LogP contribution in [0.2, 0.25) is 0 Å². The molecular formula is C27H25N6O7S3+. The molecule has 5 aromatic rings. The fourth-order valence-corrected chi connectivity index (χ4v) is 6.13. The minimum atomic E-state index is -4.71. The van der Waals surface area contributed by atoms with E-state index >= 15 is 0 Å². The summed E-state index contributed by atoms with van der Waals surface area (Å²) in [7, 11) is -7.90. The molecule has 0 saturated heterocycles. The largest absolute Gasteiger partial charge is 0.494 e. The highest BCUT2D eigenvalue weighted by Crippen LogP contribution is 2.40. The van der Waals surface area contributed by atoms with Crippen molar-refractivity contribution in [3.63, 3.8) is 0 Å². The SMILES string of the molecule is COc1cc(N[NH2+]c2cc(S(=O)(=O)O)ccc2S(=O)(=O)O)c(C)cc1N=Nc1sc(N)nc1-c1ccc2ccccc2c1. The van der Waals surface area contributed by atoms with Gasteiger partial charge in [0.05, 0.1) is 17.7 Å². The number of aromatic nitrogens is 1. The van der Waals surface area contributed by atoms with Crippen molar-refractivity contribution >= 4 is 69.5 Å². The number of nitrogens with one attached hydrogen (secondary N) is 1. The minimum Gasteiger partial charge on any atom is -0.494 e. The van der Waals surface area contributed by atoms with Crippen molar-refractivity contribution in [2.75, 3.05) is 18.3 Å². The number of fused-ring (bicyclic) bond motifs is 1. The molecule has 7 N–H and O–H groups in total. The van der Waals surface area contributed by atoms with Crippen LogP contribution in [0.3, 0.4) is 0 Å². The van der Waals surface area contributed by atoms with Crippen LogP contribution in [0.5, 0.6) is 5.75 Å². The Morgan fingerprint density at radius 1 is 0.930 bits per heavy atom. The van der Waals surface area contributed by atoms with E-state index < -0.39 is 30.0 Å². The Labute approximate surface area is 250 Å². The summed E-state index contributed by atoms with van der Waals surface area (Å²) in [6.45, 7) is 1.75. The molecule has 222 valence electrons. The predicted octanol–water partition coefficient (Wildman–Crippen LogP) is 4.99. The van der Waals surface area contributed by atoms with Crippen molar-refractivity contribution in [1.82, 2.24) is 4.98 Å². The number of rotatable bonds is 9. The Hall–Kier alpha value is -4.45. The van der Waals surface area contributed by atoms with Crippen LogP contribution in [0.1, 0.15) is 5.56 Å². The van der Waals surface area contributed by atoms with Gasteiger partial charge in [-0.15, -0.1) is 10.2 Å². The molecule has 0 amide bonds. The molecule has 0 radical (unpaired) electrons. The van der Waals surface area contributed by atoms with Crippen molar-refractivity contribution in [2.45, 2.75) is 16.7 Å². The zero-order chi connectivity index (χ0) is 30.9. The molecule has 5 rings (SSSR count). The van der Waals surface area contributed by atoms with Gasteiger partial charge in [0.1, 0.15) is 17.1 Å². The highest BCUT2D eigenvalue weighted by molar-refractivity contribution is 7.86. The maximum atomic E-state index is 11.8. The van der Waals surface area contributed by atoms with Crippen molar-refractivity contribution < 1.29 is 36.1 Å². The van der Waals surface area contributed by atoms with E-state index in [1.165, 1.54) is 23.9 Å². The molecule has 43 heavy (non-hydrogen) atoms. The molecule has 0 fully saturated rings. The molecule has 0 spiro atoms. The Morgan fingerprint density at radius 3 is 2.37 bits per heavy atom. The lowest BCUT2D eigenvalue weighted by molar-refractivity contribution is -0.541. The Balaban J connectivity index is 1.44. The van der Waals surface area contributed by atoms with E-state index in [0.29, 0.717) is 38.5 Å². The first-order valence-electron chi connectivity index (χ1n) is 12.4. The molecule has 4 aromatic carbocycles. The fourth-order valence-electron chi connectivity index (χ4n) is 4.28. The molecule has 0 saturated carbocycles. The first-order valence-corrected chi connectivity index (χ1v) is 16.1. The second-order valence-corrected chi connectivity index (χ2v) is 13.1. The second kappa shape index (κ2) is 11.7. The van der Waals surface area contributed by atoms with Crippen LogP contribution >= 0.6 is 11.3 Å². The van der Waals surface area contributed by atoms with Gasteiger partial charge in [-0.1, -0.05) is 47.7 Å². The summed E-state index contributed by atoms with van der Waals surface area (Å²) in [5, 5.41) is 11.8. The predicted molar refractivity (Wildman–Crippen MR) is 163 cm³/mol. The van der Waals surface area contributed by atoms with Gasteiger partial charge in [0.25, 0.3) is 10.1 Å². The number of methoxy groups -OCH3 is 1. The zero-order valence-electron chi connectivity index (χ0n) is 22.6. The maximum Gasteiger partial charge on any atom is 0.300 e. The molecule has 0 atom stereocenters. The molecule has 0 aliphatic heterocycles. The summed E-state index contributed by atoms with van der Waals surface area (Å²) < 4.78 is 71.3. The first kappa shape index (κ1) is 30.0. The quantitative estimate of drug-likeness (QED) is 0.0478. The molecule has 0 aliphatic rings. The summed E-state index contributed by atoms with van der Waals surface area (Å²) >= 11 is 1.18. The molecule has 0 aliphatic carbocycles. The second-order valence-electron chi connectivity index (χ2n) is 9.25. The molecule has 16 heteroatoms. The van der Waals surface area contributed by atoms with Crippen molar-refractivity contribution in [3.05, 3.63) is 78.4 Å². The van der Waals surface area contributed by atoms with Crippen LogP contribution in [-0.2, 0) is 20.2 Å². The average molecular weight is 642 g/mol. The molecule has 0 bridgehead atoms. The Kier molecular flexibility index (Phi) is 8.15. The van der Waals surface area contributed by atoms with Crippen LogP contribution < -0.4 is 21.3 Å². The van der Waals surface area contributed by atoms with Crippen molar-refractivity contribution in [3.8, 4) is 17.0 Å². The summed E-state index contributed by atoms with van der Waals surface area (Å²) in [5.74, 6) is 0.316. The number of nitrogens with two attached hydrogens (primary N) is 2. The number of hydrogen-bond acceptors (Lipinski definition) is 11. The van der Waals surface area contributed by atoms with E-state index in [9.17, 15) is 25.9 Å². The highest BCUT2D eigenvalue weighted by atomic mass is 32.2. The Bertz CT molecular complexity index is 2110. The van der Waals surface area contributed by atoms with Crippen LogP contribution in [0, 0.1) is 6.92 Å². The van der Waals surface area contributed by atoms with E-state index in [1.807, 2.05) is 42.5 Å². The lowest BCUT2D eigenvalue weighted by Gasteiger charge is -2.13. The number of ether oxygens (including phenoxy) is 1. The van der Waals surface area contributed by atoms with E-state index in [4.69, 9.17) is 10.5 Å². The van der Waals surface area contributed by atoms with Gasteiger partial charge in [-0.25, -0.2) is 15.8 Å².